The highest BCUT2D eigenvalue weighted by molar-refractivity contribution is 5.60. The Kier molecular flexibility index (Phi) is 3.55. The first-order chi connectivity index (χ1) is 11.8. The Labute approximate surface area is 139 Å². The summed E-state index contributed by atoms with van der Waals surface area (Å²) in [7, 11) is 1.60. The van der Waals surface area contributed by atoms with Crippen LogP contribution in [0.4, 0.5) is 0 Å². The van der Waals surface area contributed by atoms with E-state index >= 15 is 0 Å². The van der Waals surface area contributed by atoms with E-state index in [4.69, 9.17) is 4.74 Å². The van der Waals surface area contributed by atoms with E-state index in [1.807, 2.05) is 64.1 Å². The van der Waals surface area contributed by atoms with Crippen molar-refractivity contribution in [1.82, 2.24) is 24.3 Å². The van der Waals surface area contributed by atoms with Crippen molar-refractivity contribution in [3.63, 3.8) is 0 Å². The summed E-state index contributed by atoms with van der Waals surface area (Å²) in [5.41, 5.74) is 2.96. The van der Waals surface area contributed by atoms with Gasteiger partial charge in [-0.25, -0.2) is 14.6 Å². The Hall–Kier alpha value is -3.41. The maximum Gasteiger partial charge on any atom is 0.213 e. The van der Waals surface area contributed by atoms with Crippen molar-refractivity contribution in [3.05, 3.63) is 73.4 Å². The van der Waals surface area contributed by atoms with Crippen LogP contribution in [0.3, 0.4) is 0 Å². The molecule has 0 amide bonds. The first-order valence-electron chi connectivity index (χ1n) is 7.49. The molecule has 0 fully saturated rings. The van der Waals surface area contributed by atoms with Crippen molar-refractivity contribution in [2.45, 2.75) is 0 Å². The summed E-state index contributed by atoms with van der Waals surface area (Å²) in [6.45, 7) is 0. The first-order valence-corrected chi connectivity index (χ1v) is 7.49. The average Bonchev–Trinajstić information content (AvgIpc) is 3.34. The Balaban J connectivity index is 1.69. The van der Waals surface area contributed by atoms with E-state index in [-0.39, 0.29) is 0 Å². The summed E-state index contributed by atoms with van der Waals surface area (Å²) in [6.07, 6.45) is 9.14. The molecule has 0 saturated heterocycles. The van der Waals surface area contributed by atoms with Gasteiger partial charge in [0.15, 0.2) is 0 Å². The summed E-state index contributed by atoms with van der Waals surface area (Å²) in [6, 6.07) is 13.8. The number of benzene rings is 1. The number of hydrogen-bond donors (Lipinski definition) is 0. The molecule has 0 saturated carbocycles. The van der Waals surface area contributed by atoms with Crippen LogP contribution in [-0.4, -0.2) is 31.4 Å². The van der Waals surface area contributed by atoms with Crippen molar-refractivity contribution in [1.29, 1.82) is 0 Å². The molecule has 0 spiro atoms. The number of nitrogens with zero attached hydrogens (tertiary/aromatic N) is 5. The average molecular weight is 317 g/mol. The summed E-state index contributed by atoms with van der Waals surface area (Å²) in [5.74, 6) is 1.44. The zero-order valence-corrected chi connectivity index (χ0v) is 13.1. The highest BCUT2D eigenvalue weighted by Gasteiger charge is 2.09. The van der Waals surface area contributed by atoms with Crippen molar-refractivity contribution in [2.75, 3.05) is 7.11 Å². The fourth-order valence-corrected chi connectivity index (χ4v) is 2.55. The summed E-state index contributed by atoms with van der Waals surface area (Å²) < 4.78 is 8.92. The maximum absolute atomic E-state index is 5.11. The van der Waals surface area contributed by atoms with Crippen molar-refractivity contribution >= 4 is 0 Å². The zero-order valence-electron chi connectivity index (χ0n) is 13.1. The molecule has 0 aliphatic heterocycles. The van der Waals surface area contributed by atoms with Crippen molar-refractivity contribution in [2.24, 2.45) is 0 Å². The number of imidazole rings is 1. The van der Waals surface area contributed by atoms with Crippen LogP contribution in [0.15, 0.2) is 73.4 Å². The Bertz CT molecular complexity index is 924. The van der Waals surface area contributed by atoms with Gasteiger partial charge >= 0.3 is 0 Å². The molecule has 4 aromatic rings. The molecule has 1 aromatic carbocycles. The van der Waals surface area contributed by atoms with Crippen LogP contribution in [0.5, 0.6) is 5.88 Å². The molecule has 4 rings (SSSR count). The van der Waals surface area contributed by atoms with Crippen LogP contribution < -0.4 is 4.74 Å². The number of hydrogen-bond acceptors (Lipinski definition) is 4. The fraction of sp³-hybridized carbons (Fsp3) is 0.0556. The monoisotopic (exact) mass is 317 g/mol. The largest absolute Gasteiger partial charge is 0.481 e. The van der Waals surface area contributed by atoms with Gasteiger partial charge in [0.1, 0.15) is 5.82 Å². The van der Waals surface area contributed by atoms with Gasteiger partial charge in [0.25, 0.3) is 0 Å². The van der Waals surface area contributed by atoms with Crippen LogP contribution in [0.25, 0.3) is 22.8 Å². The Morgan fingerprint density at radius 1 is 0.875 bits per heavy atom. The first kappa shape index (κ1) is 14.2. The van der Waals surface area contributed by atoms with Crippen LogP contribution in [-0.2, 0) is 0 Å². The number of pyridine rings is 1. The molecule has 0 bridgehead atoms. The molecule has 6 heteroatoms. The highest BCUT2D eigenvalue weighted by Crippen LogP contribution is 2.23. The molecular weight excluding hydrogens is 302 g/mol. The zero-order chi connectivity index (χ0) is 16.4. The molecule has 0 aliphatic rings. The second-order valence-electron chi connectivity index (χ2n) is 5.18. The van der Waals surface area contributed by atoms with Gasteiger partial charge in [-0.1, -0.05) is 0 Å². The molecule has 0 N–H and O–H groups in total. The van der Waals surface area contributed by atoms with Gasteiger partial charge in [-0.3, -0.25) is 4.57 Å². The van der Waals surface area contributed by atoms with Crippen molar-refractivity contribution in [3.8, 4) is 28.6 Å². The Morgan fingerprint density at radius 2 is 1.71 bits per heavy atom. The lowest BCUT2D eigenvalue weighted by atomic mass is 10.2. The van der Waals surface area contributed by atoms with E-state index < -0.39 is 0 Å². The van der Waals surface area contributed by atoms with Gasteiger partial charge in [-0.15, -0.1) is 0 Å². The molecule has 6 nitrogen and oxygen atoms in total. The van der Waals surface area contributed by atoms with Gasteiger partial charge < -0.3 is 4.74 Å². The second-order valence-corrected chi connectivity index (χ2v) is 5.18. The van der Waals surface area contributed by atoms with E-state index in [1.165, 1.54) is 0 Å². The topological polar surface area (TPSA) is 57.8 Å². The number of rotatable bonds is 4. The Morgan fingerprint density at radius 3 is 2.38 bits per heavy atom. The van der Waals surface area contributed by atoms with Gasteiger partial charge in [0.2, 0.25) is 5.88 Å². The molecular formula is C18H15N5O. The summed E-state index contributed by atoms with van der Waals surface area (Å²) in [5, 5.41) is 4.24. The predicted octanol–water partition coefficient (Wildman–Crippen LogP) is 3.13. The van der Waals surface area contributed by atoms with E-state index in [2.05, 4.69) is 15.1 Å². The third kappa shape index (κ3) is 2.54. The van der Waals surface area contributed by atoms with Gasteiger partial charge in [0.05, 0.1) is 24.7 Å². The number of ether oxygens (including phenoxy) is 1. The third-order valence-electron chi connectivity index (χ3n) is 3.74. The van der Waals surface area contributed by atoms with Gasteiger partial charge in [-0.2, -0.15) is 5.10 Å². The van der Waals surface area contributed by atoms with Gasteiger partial charge in [-0.05, 0) is 36.4 Å². The summed E-state index contributed by atoms with van der Waals surface area (Å²) >= 11 is 0. The highest BCUT2D eigenvalue weighted by atomic mass is 16.5. The molecule has 0 aliphatic carbocycles. The van der Waals surface area contributed by atoms with Gasteiger partial charge in [0, 0.05) is 36.4 Å². The molecule has 0 unspecified atom stereocenters. The number of aromatic nitrogens is 5. The predicted molar refractivity (Wildman–Crippen MR) is 90.5 cm³/mol. The quantitative estimate of drug-likeness (QED) is 0.580. The smallest absolute Gasteiger partial charge is 0.213 e. The van der Waals surface area contributed by atoms with Crippen LogP contribution in [0.1, 0.15) is 0 Å². The fourth-order valence-electron chi connectivity index (χ4n) is 2.55. The van der Waals surface area contributed by atoms with E-state index in [0.717, 1.165) is 22.8 Å². The lowest BCUT2D eigenvalue weighted by molar-refractivity contribution is 0.398. The van der Waals surface area contributed by atoms with E-state index in [9.17, 15) is 0 Å². The molecule has 24 heavy (non-hydrogen) atoms. The minimum Gasteiger partial charge on any atom is -0.481 e. The minimum absolute atomic E-state index is 0.587. The molecule has 0 atom stereocenters. The third-order valence-corrected chi connectivity index (χ3v) is 3.74. The lowest BCUT2D eigenvalue weighted by Crippen LogP contribution is -1.98. The van der Waals surface area contributed by atoms with Crippen LogP contribution >= 0.6 is 0 Å². The normalized spacial score (nSPS) is 10.7. The number of methoxy groups -OCH3 is 1. The van der Waals surface area contributed by atoms with E-state index in [0.29, 0.717) is 5.88 Å². The van der Waals surface area contributed by atoms with Crippen molar-refractivity contribution < 1.29 is 4.74 Å². The maximum atomic E-state index is 5.11. The molecule has 3 aromatic heterocycles. The van der Waals surface area contributed by atoms with Crippen LogP contribution in [0.2, 0.25) is 0 Å². The molecule has 3 heterocycles. The standard InChI is InChI=1S/C18H15N5O/c1-24-17-8-7-16(13-20-17)22-12-10-19-18(22)14-3-5-15(6-4-14)23-11-2-9-21-23/h2-13H,1H3. The van der Waals surface area contributed by atoms with Crippen LogP contribution in [0, 0.1) is 0 Å². The SMILES string of the molecule is COc1ccc(-n2ccnc2-c2ccc(-n3cccn3)cc2)cn1. The summed E-state index contributed by atoms with van der Waals surface area (Å²) in [4.78, 5) is 8.73. The molecule has 0 radical (unpaired) electrons. The minimum atomic E-state index is 0.587. The van der Waals surface area contributed by atoms with E-state index in [1.54, 1.807) is 25.7 Å². The lowest BCUT2D eigenvalue weighted by Gasteiger charge is -2.09. The second kappa shape index (κ2) is 6.00. The molecule has 118 valence electrons.